The van der Waals surface area contributed by atoms with Crippen molar-refractivity contribution in [2.45, 2.75) is 6.18 Å². The van der Waals surface area contributed by atoms with Crippen LogP contribution in [0.25, 0.3) is 0 Å². The van der Waals surface area contributed by atoms with Crippen molar-refractivity contribution in [3.8, 4) is 0 Å². The van der Waals surface area contributed by atoms with Gasteiger partial charge in [0, 0.05) is 5.56 Å². The molecule has 15 heavy (non-hydrogen) atoms. The van der Waals surface area contributed by atoms with Gasteiger partial charge in [-0.2, -0.15) is 13.2 Å². The number of carbonyl (C=O) groups excluding carboxylic acids is 1. The van der Waals surface area contributed by atoms with E-state index in [1.54, 1.807) is 0 Å². The maximum Gasteiger partial charge on any atom is 0.416 e. The number of ketones is 1. The third kappa shape index (κ3) is 2.92. The average molecular weight is 241 g/mol. The first kappa shape index (κ1) is 12.0. The van der Waals surface area contributed by atoms with Crippen LogP contribution in [0.15, 0.2) is 18.2 Å². The minimum Gasteiger partial charge on any atom is -0.293 e. The lowest BCUT2D eigenvalue weighted by atomic mass is 10.1. The van der Waals surface area contributed by atoms with Gasteiger partial charge in [-0.1, -0.05) is 0 Å². The van der Waals surface area contributed by atoms with E-state index >= 15 is 0 Å². The molecule has 0 aliphatic heterocycles. The molecular weight excluding hydrogens is 236 g/mol. The third-order valence-electron chi connectivity index (χ3n) is 1.67. The first-order valence-electron chi connectivity index (χ1n) is 3.81. The van der Waals surface area contributed by atoms with Gasteiger partial charge in [-0.15, -0.1) is 11.6 Å². The molecule has 0 atom stereocenters. The van der Waals surface area contributed by atoms with Crippen LogP contribution in [0.3, 0.4) is 0 Å². The Morgan fingerprint density at radius 2 is 1.87 bits per heavy atom. The highest BCUT2D eigenvalue weighted by Crippen LogP contribution is 2.30. The molecule has 0 unspecified atom stereocenters. The number of carbonyl (C=O) groups is 1. The summed E-state index contributed by atoms with van der Waals surface area (Å²) in [6.45, 7) is 0. The molecule has 0 amide bonds. The molecule has 6 heteroatoms. The minimum absolute atomic E-state index is 0.324. The van der Waals surface area contributed by atoms with E-state index in [2.05, 4.69) is 0 Å². The summed E-state index contributed by atoms with van der Waals surface area (Å²) in [5, 5.41) is 0. The van der Waals surface area contributed by atoms with Crippen molar-refractivity contribution in [2.24, 2.45) is 0 Å². The number of benzene rings is 1. The summed E-state index contributed by atoms with van der Waals surface area (Å²) >= 11 is 5.15. The molecule has 0 bridgehead atoms. The van der Waals surface area contributed by atoms with Crippen LogP contribution in [-0.2, 0) is 6.18 Å². The number of alkyl halides is 4. The molecule has 0 saturated carbocycles. The van der Waals surface area contributed by atoms with Crippen LogP contribution >= 0.6 is 11.6 Å². The van der Waals surface area contributed by atoms with Crippen LogP contribution in [0.5, 0.6) is 0 Å². The Hall–Kier alpha value is -1.10. The van der Waals surface area contributed by atoms with Gasteiger partial charge in [-0.3, -0.25) is 4.79 Å². The van der Waals surface area contributed by atoms with Gasteiger partial charge in [0.1, 0.15) is 5.82 Å². The van der Waals surface area contributed by atoms with Crippen LogP contribution in [0.1, 0.15) is 15.9 Å². The molecule has 82 valence electrons. The number of Topliss-reactive ketones (excluding diaryl/α,β-unsaturated/α-hetero) is 1. The highest BCUT2D eigenvalue weighted by molar-refractivity contribution is 6.30. The van der Waals surface area contributed by atoms with Crippen LogP contribution < -0.4 is 0 Å². The molecule has 1 aromatic rings. The fourth-order valence-electron chi connectivity index (χ4n) is 0.991. The van der Waals surface area contributed by atoms with Crippen molar-refractivity contribution in [2.75, 3.05) is 5.88 Å². The standard InChI is InChI=1S/C9H5ClF4O/c10-4-8(15)5-1-6(9(12,13)14)3-7(11)2-5/h1-3H,4H2. The smallest absolute Gasteiger partial charge is 0.293 e. The number of hydrogen-bond donors (Lipinski definition) is 0. The molecule has 0 aromatic heterocycles. The summed E-state index contributed by atoms with van der Waals surface area (Å²) in [5.41, 5.74) is -1.58. The quantitative estimate of drug-likeness (QED) is 0.441. The summed E-state index contributed by atoms with van der Waals surface area (Å²) < 4.78 is 49.4. The molecule has 0 spiro atoms. The molecule has 0 fully saturated rings. The monoisotopic (exact) mass is 240 g/mol. The molecule has 0 radical (unpaired) electrons. The fourth-order valence-corrected chi connectivity index (χ4v) is 1.15. The first-order valence-corrected chi connectivity index (χ1v) is 4.35. The molecular formula is C9H5ClF4O. The lowest BCUT2D eigenvalue weighted by molar-refractivity contribution is -0.137. The van der Waals surface area contributed by atoms with Gasteiger partial charge in [0.05, 0.1) is 11.4 Å². The molecule has 0 heterocycles. The molecule has 0 aliphatic rings. The molecule has 0 N–H and O–H groups in total. The van der Waals surface area contributed by atoms with E-state index < -0.39 is 29.2 Å². The van der Waals surface area contributed by atoms with Crippen molar-refractivity contribution < 1.29 is 22.4 Å². The van der Waals surface area contributed by atoms with E-state index in [0.717, 1.165) is 6.07 Å². The first-order chi connectivity index (χ1) is 6.84. The van der Waals surface area contributed by atoms with Crippen LogP contribution in [0.2, 0.25) is 0 Å². The molecule has 1 nitrogen and oxygen atoms in total. The highest BCUT2D eigenvalue weighted by Gasteiger charge is 2.31. The Labute approximate surface area is 87.7 Å². The van der Waals surface area contributed by atoms with E-state index in [1.165, 1.54) is 0 Å². The third-order valence-corrected chi connectivity index (χ3v) is 1.91. The maximum atomic E-state index is 12.8. The van der Waals surface area contributed by atoms with E-state index in [0.29, 0.717) is 12.1 Å². The van der Waals surface area contributed by atoms with Gasteiger partial charge in [0.25, 0.3) is 0 Å². The minimum atomic E-state index is -4.68. The molecule has 1 rings (SSSR count). The molecule has 0 saturated heterocycles. The predicted octanol–water partition coefficient (Wildman–Crippen LogP) is 3.27. The zero-order chi connectivity index (χ0) is 11.6. The molecule has 1 aromatic carbocycles. The Bertz CT molecular complexity index is 386. The van der Waals surface area contributed by atoms with Crippen molar-refractivity contribution in [1.82, 2.24) is 0 Å². The SMILES string of the molecule is O=C(CCl)c1cc(F)cc(C(F)(F)F)c1. The Kier molecular flexibility index (Phi) is 3.34. The van der Waals surface area contributed by atoms with Gasteiger partial charge in [-0.25, -0.2) is 4.39 Å². The Morgan fingerprint density at radius 3 is 2.33 bits per heavy atom. The summed E-state index contributed by atoms with van der Waals surface area (Å²) in [6, 6.07) is 1.62. The van der Waals surface area contributed by atoms with Crippen LogP contribution in [-0.4, -0.2) is 11.7 Å². The lowest BCUT2D eigenvalue weighted by Crippen LogP contribution is -2.09. The van der Waals surface area contributed by atoms with Crippen LogP contribution in [0, 0.1) is 5.82 Å². The average Bonchev–Trinajstić information content (AvgIpc) is 2.14. The van der Waals surface area contributed by atoms with Crippen LogP contribution in [0.4, 0.5) is 17.6 Å². The number of halogens is 5. The molecule has 0 aliphatic carbocycles. The van der Waals surface area contributed by atoms with Gasteiger partial charge in [0.2, 0.25) is 0 Å². The van der Waals surface area contributed by atoms with Gasteiger partial charge < -0.3 is 0 Å². The highest BCUT2D eigenvalue weighted by atomic mass is 35.5. The maximum absolute atomic E-state index is 12.8. The number of rotatable bonds is 2. The van der Waals surface area contributed by atoms with E-state index in [4.69, 9.17) is 11.6 Å². The Morgan fingerprint density at radius 1 is 1.27 bits per heavy atom. The summed E-state index contributed by atoms with van der Waals surface area (Å²) in [4.78, 5) is 11.0. The second-order valence-corrected chi connectivity index (χ2v) is 3.05. The van der Waals surface area contributed by atoms with E-state index in [9.17, 15) is 22.4 Å². The second-order valence-electron chi connectivity index (χ2n) is 2.78. The zero-order valence-electron chi connectivity index (χ0n) is 7.24. The topological polar surface area (TPSA) is 17.1 Å². The summed E-state index contributed by atoms with van der Waals surface area (Å²) in [7, 11) is 0. The van der Waals surface area contributed by atoms with Crippen molar-refractivity contribution in [1.29, 1.82) is 0 Å². The largest absolute Gasteiger partial charge is 0.416 e. The predicted molar refractivity (Wildman–Crippen MR) is 46.5 cm³/mol. The van der Waals surface area contributed by atoms with E-state index in [-0.39, 0.29) is 5.56 Å². The second kappa shape index (κ2) is 4.18. The Balaban J connectivity index is 3.23. The van der Waals surface area contributed by atoms with Gasteiger partial charge >= 0.3 is 6.18 Å². The summed E-state index contributed by atoms with van der Waals surface area (Å²) in [5.74, 6) is -2.35. The van der Waals surface area contributed by atoms with Gasteiger partial charge in [-0.05, 0) is 18.2 Å². The normalized spacial score (nSPS) is 11.5. The number of hydrogen-bond acceptors (Lipinski definition) is 1. The zero-order valence-corrected chi connectivity index (χ0v) is 7.99. The van der Waals surface area contributed by atoms with E-state index in [1.807, 2.05) is 0 Å². The summed E-state index contributed by atoms with van der Waals surface area (Å²) in [6.07, 6.45) is -4.68. The van der Waals surface area contributed by atoms with Crippen molar-refractivity contribution in [3.05, 3.63) is 35.1 Å². The van der Waals surface area contributed by atoms with Gasteiger partial charge in [0.15, 0.2) is 5.78 Å². The van der Waals surface area contributed by atoms with Crippen molar-refractivity contribution >= 4 is 17.4 Å². The van der Waals surface area contributed by atoms with Crippen molar-refractivity contribution in [3.63, 3.8) is 0 Å². The fraction of sp³-hybridized carbons (Fsp3) is 0.222. The lowest BCUT2D eigenvalue weighted by Gasteiger charge is -2.08.